The summed E-state index contributed by atoms with van der Waals surface area (Å²) in [7, 11) is 1.88. The third-order valence-corrected chi connectivity index (χ3v) is 4.97. The molecule has 134 valence electrons. The Morgan fingerprint density at radius 3 is 2.71 bits per heavy atom. The number of rotatable bonds is 8. The van der Waals surface area contributed by atoms with Gasteiger partial charge in [-0.05, 0) is 17.9 Å². The van der Waals surface area contributed by atoms with Gasteiger partial charge in [0, 0.05) is 32.6 Å². The van der Waals surface area contributed by atoms with Crippen molar-refractivity contribution in [3.63, 3.8) is 0 Å². The van der Waals surface area contributed by atoms with Crippen molar-refractivity contribution in [3.8, 4) is 0 Å². The zero-order valence-electron chi connectivity index (χ0n) is 15.5. The zero-order chi connectivity index (χ0) is 17.2. The normalized spacial score (nSPS) is 18.4. The summed E-state index contributed by atoms with van der Waals surface area (Å²) in [5, 5.41) is 3.55. The summed E-state index contributed by atoms with van der Waals surface area (Å²) in [4.78, 5) is 6.84. The Kier molecular flexibility index (Phi) is 8.10. The lowest BCUT2D eigenvalue weighted by Gasteiger charge is -2.23. The zero-order valence-corrected chi connectivity index (χ0v) is 15.5. The second-order valence-electron chi connectivity index (χ2n) is 6.71. The van der Waals surface area contributed by atoms with Gasteiger partial charge in [-0.25, -0.2) is 0 Å². The topological polar surface area (TPSA) is 36.9 Å². The van der Waals surface area contributed by atoms with Crippen molar-refractivity contribution in [2.24, 2.45) is 16.8 Å². The molecule has 0 amide bonds. The third kappa shape index (κ3) is 5.82. The number of nitrogens with zero attached hydrogens (tertiary/aromatic N) is 2. The van der Waals surface area contributed by atoms with Crippen LogP contribution in [0.1, 0.15) is 38.7 Å². The number of nitrogens with one attached hydrogen (secondary N) is 1. The van der Waals surface area contributed by atoms with Crippen molar-refractivity contribution in [2.45, 2.75) is 39.7 Å². The van der Waals surface area contributed by atoms with Crippen LogP contribution in [0.3, 0.4) is 0 Å². The molecule has 2 rings (SSSR count). The van der Waals surface area contributed by atoms with Crippen molar-refractivity contribution < 1.29 is 4.74 Å². The largest absolute Gasteiger partial charge is 0.376 e. The Balaban J connectivity index is 1.71. The summed E-state index contributed by atoms with van der Waals surface area (Å²) in [6, 6.07) is 10.4. The van der Waals surface area contributed by atoms with E-state index in [4.69, 9.17) is 4.74 Å². The molecule has 1 aromatic carbocycles. The van der Waals surface area contributed by atoms with Crippen LogP contribution in [0, 0.1) is 11.8 Å². The van der Waals surface area contributed by atoms with Gasteiger partial charge in [-0.2, -0.15) is 0 Å². The molecule has 1 atom stereocenters. The fourth-order valence-electron chi connectivity index (χ4n) is 3.22. The van der Waals surface area contributed by atoms with E-state index in [-0.39, 0.29) is 0 Å². The molecule has 0 aliphatic carbocycles. The summed E-state index contributed by atoms with van der Waals surface area (Å²) in [5.74, 6) is 2.38. The summed E-state index contributed by atoms with van der Waals surface area (Å²) in [6.07, 6.45) is 3.62. The van der Waals surface area contributed by atoms with E-state index in [0.29, 0.717) is 12.5 Å². The van der Waals surface area contributed by atoms with Gasteiger partial charge >= 0.3 is 0 Å². The molecule has 1 aliphatic rings. The van der Waals surface area contributed by atoms with Crippen LogP contribution >= 0.6 is 0 Å². The average Bonchev–Trinajstić information content (AvgIpc) is 3.08. The highest BCUT2D eigenvalue weighted by Crippen LogP contribution is 2.17. The van der Waals surface area contributed by atoms with Gasteiger partial charge in [-0.1, -0.05) is 57.0 Å². The monoisotopic (exact) mass is 331 g/mol. The maximum absolute atomic E-state index is 5.91. The lowest BCUT2D eigenvalue weighted by atomic mass is 10.0. The summed E-state index contributed by atoms with van der Waals surface area (Å²) in [6.45, 7) is 9.18. The van der Waals surface area contributed by atoms with Crippen molar-refractivity contribution in [2.75, 3.05) is 33.3 Å². The minimum absolute atomic E-state index is 0.598. The lowest BCUT2D eigenvalue weighted by molar-refractivity contribution is 0.0906. The Bertz CT molecular complexity index is 485. The quantitative estimate of drug-likeness (QED) is 0.585. The van der Waals surface area contributed by atoms with Crippen LogP contribution < -0.4 is 5.32 Å². The molecule has 0 aromatic heterocycles. The molecule has 1 fully saturated rings. The maximum Gasteiger partial charge on any atom is 0.193 e. The molecule has 0 radical (unpaired) electrons. The highest BCUT2D eigenvalue weighted by Gasteiger charge is 2.25. The number of ether oxygens (including phenoxy) is 1. The average molecular weight is 332 g/mol. The number of aliphatic imine (C=N–C) groups is 1. The van der Waals surface area contributed by atoms with Crippen LogP contribution in [0.15, 0.2) is 35.3 Å². The Hall–Kier alpha value is -1.55. The molecule has 1 unspecified atom stereocenters. The van der Waals surface area contributed by atoms with Gasteiger partial charge in [0.25, 0.3) is 0 Å². The molecule has 1 N–H and O–H groups in total. The fourth-order valence-corrected chi connectivity index (χ4v) is 3.22. The van der Waals surface area contributed by atoms with Crippen molar-refractivity contribution in [1.82, 2.24) is 10.2 Å². The number of hydrogen-bond donors (Lipinski definition) is 1. The van der Waals surface area contributed by atoms with E-state index in [1.807, 2.05) is 13.1 Å². The van der Waals surface area contributed by atoms with Gasteiger partial charge in [0.05, 0.1) is 13.2 Å². The standard InChI is InChI=1S/C20H33N3O/c1-4-17(5-2)13-22-20(21-3)23-12-11-19(14-23)16-24-15-18-9-7-6-8-10-18/h6-10,17,19H,4-5,11-16H2,1-3H3,(H,21,22). The van der Waals surface area contributed by atoms with Crippen molar-refractivity contribution in [1.29, 1.82) is 0 Å². The Morgan fingerprint density at radius 2 is 2.04 bits per heavy atom. The number of guanidine groups is 1. The predicted octanol–water partition coefficient (Wildman–Crippen LogP) is 3.54. The molecule has 0 saturated carbocycles. The van der Waals surface area contributed by atoms with Gasteiger partial charge in [0.2, 0.25) is 0 Å². The first-order valence-electron chi connectivity index (χ1n) is 9.34. The third-order valence-electron chi connectivity index (χ3n) is 4.97. The second kappa shape index (κ2) is 10.3. The summed E-state index contributed by atoms with van der Waals surface area (Å²) >= 11 is 0. The molecular weight excluding hydrogens is 298 g/mol. The van der Waals surface area contributed by atoms with Crippen molar-refractivity contribution >= 4 is 5.96 Å². The first-order chi connectivity index (χ1) is 11.8. The summed E-state index contributed by atoms with van der Waals surface area (Å²) in [5.41, 5.74) is 1.25. The molecule has 4 nitrogen and oxygen atoms in total. The molecule has 0 spiro atoms. The van der Waals surface area contributed by atoms with E-state index in [1.54, 1.807) is 0 Å². The number of benzene rings is 1. The van der Waals surface area contributed by atoms with Crippen LogP contribution in [0.5, 0.6) is 0 Å². The molecule has 1 aromatic rings. The summed E-state index contributed by atoms with van der Waals surface area (Å²) < 4.78 is 5.91. The minimum Gasteiger partial charge on any atom is -0.376 e. The van der Waals surface area contributed by atoms with E-state index in [2.05, 4.69) is 53.3 Å². The molecule has 1 heterocycles. The number of likely N-dealkylation sites (tertiary alicyclic amines) is 1. The minimum atomic E-state index is 0.598. The lowest BCUT2D eigenvalue weighted by Crippen LogP contribution is -2.42. The molecule has 1 saturated heterocycles. The van der Waals surface area contributed by atoms with Gasteiger partial charge in [-0.15, -0.1) is 0 Å². The molecule has 0 bridgehead atoms. The van der Waals surface area contributed by atoms with Gasteiger partial charge < -0.3 is 15.0 Å². The maximum atomic E-state index is 5.91. The molecule has 1 aliphatic heterocycles. The first-order valence-corrected chi connectivity index (χ1v) is 9.34. The van der Waals surface area contributed by atoms with Gasteiger partial charge in [0.1, 0.15) is 0 Å². The molecule has 24 heavy (non-hydrogen) atoms. The fraction of sp³-hybridized carbons (Fsp3) is 0.650. The number of hydrogen-bond acceptors (Lipinski definition) is 2. The van der Waals surface area contributed by atoms with E-state index >= 15 is 0 Å². The van der Waals surface area contributed by atoms with Gasteiger partial charge in [0.15, 0.2) is 5.96 Å². The highest BCUT2D eigenvalue weighted by atomic mass is 16.5. The first kappa shape index (κ1) is 18.8. The smallest absolute Gasteiger partial charge is 0.193 e. The van der Waals surface area contributed by atoms with Crippen LogP contribution in [0.4, 0.5) is 0 Å². The van der Waals surface area contributed by atoms with Crippen LogP contribution in [-0.2, 0) is 11.3 Å². The van der Waals surface area contributed by atoms with Gasteiger partial charge in [-0.3, -0.25) is 4.99 Å². The van der Waals surface area contributed by atoms with Crippen molar-refractivity contribution in [3.05, 3.63) is 35.9 Å². The highest BCUT2D eigenvalue weighted by molar-refractivity contribution is 5.80. The van der Waals surface area contributed by atoms with Crippen LogP contribution in [0.25, 0.3) is 0 Å². The second-order valence-corrected chi connectivity index (χ2v) is 6.71. The predicted molar refractivity (Wildman–Crippen MR) is 101 cm³/mol. The molecular formula is C20H33N3O. The van der Waals surface area contributed by atoms with E-state index < -0.39 is 0 Å². The van der Waals surface area contributed by atoms with E-state index in [9.17, 15) is 0 Å². The van der Waals surface area contributed by atoms with E-state index in [0.717, 1.165) is 38.1 Å². The SMILES string of the molecule is CCC(CC)CNC(=NC)N1CCC(COCc2ccccc2)C1. The van der Waals surface area contributed by atoms with Crippen LogP contribution in [-0.4, -0.2) is 44.1 Å². The Morgan fingerprint density at radius 1 is 1.29 bits per heavy atom. The molecule has 4 heteroatoms. The van der Waals surface area contributed by atoms with E-state index in [1.165, 1.54) is 24.8 Å². The Labute approximate surface area is 147 Å². The van der Waals surface area contributed by atoms with Crippen LogP contribution in [0.2, 0.25) is 0 Å².